The smallest absolute Gasteiger partial charge is 0.237 e. The van der Waals surface area contributed by atoms with E-state index in [1.165, 1.54) is 12.1 Å². The fourth-order valence-corrected chi connectivity index (χ4v) is 3.96. The van der Waals surface area contributed by atoms with E-state index in [9.17, 15) is 9.18 Å². The maximum absolute atomic E-state index is 14.1. The summed E-state index contributed by atoms with van der Waals surface area (Å²) in [4.78, 5) is 18.9. The van der Waals surface area contributed by atoms with Gasteiger partial charge in [-0.05, 0) is 50.7 Å². The van der Waals surface area contributed by atoms with Crippen LogP contribution in [0.5, 0.6) is 5.75 Å². The van der Waals surface area contributed by atoms with Gasteiger partial charge in [0, 0.05) is 23.7 Å². The number of halogens is 1. The minimum atomic E-state index is -0.300. The molecule has 0 saturated carbocycles. The van der Waals surface area contributed by atoms with Crippen molar-refractivity contribution in [1.29, 1.82) is 0 Å². The summed E-state index contributed by atoms with van der Waals surface area (Å²) in [5, 5.41) is 3.02. The monoisotopic (exact) mass is 369 g/mol. The van der Waals surface area contributed by atoms with Crippen LogP contribution in [0.25, 0.3) is 11.3 Å². The van der Waals surface area contributed by atoms with Crippen molar-refractivity contribution in [3.8, 4) is 17.0 Å². The third-order valence-electron chi connectivity index (χ3n) is 5.38. The van der Waals surface area contributed by atoms with Crippen LogP contribution in [0.3, 0.4) is 0 Å². The standard InChI is InChI=1S/C21H24FN3O2/c1-25-9-5-3-7-19(25)21(26)24-13-16-11-14-10-15(22)12-17(20(14)27-16)18-6-2-4-8-23-18/h2,4,6,8,10,12,16,19H,3,5,7,9,11,13H2,1H3,(H,24,26). The number of carbonyl (C=O) groups excluding carboxylic acids is 1. The lowest BCUT2D eigenvalue weighted by Gasteiger charge is -2.31. The molecule has 5 nitrogen and oxygen atoms in total. The summed E-state index contributed by atoms with van der Waals surface area (Å²) >= 11 is 0. The summed E-state index contributed by atoms with van der Waals surface area (Å²) in [7, 11) is 1.99. The summed E-state index contributed by atoms with van der Waals surface area (Å²) < 4.78 is 20.2. The Labute approximate surface area is 158 Å². The second-order valence-corrected chi connectivity index (χ2v) is 7.34. The Hall–Kier alpha value is -2.47. The van der Waals surface area contributed by atoms with Crippen LogP contribution in [-0.4, -0.2) is 48.1 Å². The Balaban J connectivity index is 1.44. The number of benzene rings is 1. The Morgan fingerprint density at radius 1 is 1.37 bits per heavy atom. The number of hydrogen-bond donors (Lipinski definition) is 1. The molecule has 2 atom stereocenters. The van der Waals surface area contributed by atoms with Gasteiger partial charge in [0.15, 0.2) is 0 Å². The molecular weight excluding hydrogens is 345 g/mol. The maximum Gasteiger partial charge on any atom is 0.237 e. The Morgan fingerprint density at radius 3 is 3.04 bits per heavy atom. The van der Waals surface area contributed by atoms with Crippen LogP contribution in [0.4, 0.5) is 4.39 Å². The largest absolute Gasteiger partial charge is 0.487 e. The lowest BCUT2D eigenvalue weighted by molar-refractivity contribution is -0.127. The molecule has 3 heterocycles. The van der Waals surface area contributed by atoms with Crippen LogP contribution in [0.1, 0.15) is 24.8 Å². The summed E-state index contributed by atoms with van der Waals surface area (Å²) in [5.74, 6) is 0.420. The summed E-state index contributed by atoms with van der Waals surface area (Å²) in [5.41, 5.74) is 2.16. The first-order chi connectivity index (χ1) is 13.1. The first-order valence-electron chi connectivity index (χ1n) is 9.50. The highest BCUT2D eigenvalue weighted by Crippen LogP contribution is 2.38. The molecule has 27 heavy (non-hydrogen) atoms. The SMILES string of the molecule is CN1CCCCC1C(=O)NCC1Cc2cc(F)cc(-c3ccccn3)c2O1. The molecule has 2 aromatic rings. The van der Waals surface area contributed by atoms with Crippen molar-refractivity contribution in [3.63, 3.8) is 0 Å². The molecule has 2 unspecified atom stereocenters. The number of pyridine rings is 1. The first kappa shape index (κ1) is 17.9. The van der Waals surface area contributed by atoms with Gasteiger partial charge in [0.05, 0.1) is 18.3 Å². The van der Waals surface area contributed by atoms with Gasteiger partial charge in [0.2, 0.25) is 5.91 Å². The summed E-state index contributed by atoms with van der Waals surface area (Å²) in [6, 6.07) is 8.44. The normalized spacial score (nSPS) is 22.1. The van der Waals surface area contributed by atoms with Crippen molar-refractivity contribution in [3.05, 3.63) is 47.9 Å². The molecule has 0 aliphatic carbocycles. The number of rotatable bonds is 4. The highest BCUT2D eigenvalue weighted by molar-refractivity contribution is 5.81. The Morgan fingerprint density at radius 2 is 2.26 bits per heavy atom. The van der Waals surface area contributed by atoms with Crippen LogP contribution in [-0.2, 0) is 11.2 Å². The molecule has 4 rings (SSSR count). The van der Waals surface area contributed by atoms with E-state index in [1.807, 2.05) is 25.2 Å². The van der Waals surface area contributed by atoms with Gasteiger partial charge in [-0.25, -0.2) is 4.39 Å². The molecule has 0 radical (unpaired) electrons. The van der Waals surface area contributed by atoms with E-state index in [0.717, 1.165) is 31.4 Å². The van der Waals surface area contributed by atoms with Gasteiger partial charge >= 0.3 is 0 Å². The van der Waals surface area contributed by atoms with Crippen LogP contribution < -0.4 is 10.1 Å². The zero-order valence-electron chi connectivity index (χ0n) is 15.5. The topological polar surface area (TPSA) is 54.5 Å². The molecule has 0 bridgehead atoms. The number of nitrogens with zero attached hydrogens (tertiary/aromatic N) is 2. The number of hydrogen-bond acceptors (Lipinski definition) is 4. The van der Waals surface area contributed by atoms with Gasteiger partial charge < -0.3 is 10.1 Å². The summed E-state index contributed by atoms with van der Waals surface area (Å²) in [6.45, 7) is 1.37. The molecule has 2 aliphatic heterocycles. The van der Waals surface area contributed by atoms with E-state index in [-0.39, 0.29) is 23.9 Å². The van der Waals surface area contributed by atoms with Crippen LogP contribution in [0.2, 0.25) is 0 Å². The molecule has 1 saturated heterocycles. The molecule has 0 spiro atoms. The third-order valence-corrected chi connectivity index (χ3v) is 5.38. The molecule has 1 aromatic heterocycles. The van der Waals surface area contributed by atoms with Gasteiger partial charge in [0.1, 0.15) is 17.7 Å². The lowest BCUT2D eigenvalue weighted by Crippen LogP contribution is -2.49. The van der Waals surface area contributed by atoms with Crippen molar-refractivity contribution in [2.45, 2.75) is 37.8 Å². The Kier molecular flexibility index (Phi) is 5.07. The van der Waals surface area contributed by atoms with Crippen molar-refractivity contribution >= 4 is 5.91 Å². The molecule has 1 N–H and O–H groups in total. The molecule has 1 fully saturated rings. The number of likely N-dealkylation sites (tertiary alicyclic amines) is 1. The second-order valence-electron chi connectivity index (χ2n) is 7.34. The van der Waals surface area contributed by atoms with Crippen molar-refractivity contribution < 1.29 is 13.9 Å². The van der Waals surface area contributed by atoms with Gasteiger partial charge in [-0.2, -0.15) is 0 Å². The molecule has 2 aliphatic rings. The minimum absolute atomic E-state index is 0.0490. The highest BCUT2D eigenvalue weighted by atomic mass is 19.1. The third kappa shape index (κ3) is 3.81. The van der Waals surface area contributed by atoms with Crippen molar-refractivity contribution in [2.75, 3.05) is 20.1 Å². The predicted molar refractivity (Wildman–Crippen MR) is 101 cm³/mol. The fraction of sp³-hybridized carbons (Fsp3) is 0.429. The molecular formula is C21H24FN3O2. The number of aromatic nitrogens is 1. The summed E-state index contributed by atoms with van der Waals surface area (Å²) in [6.07, 6.45) is 5.18. The predicted octanol–water partition coefficient (Wildman–Crippen LogP) is 2.79. The molecule has 6 heteroatoms. The zero-order valence-corrected chi connectivity index (χ0v) is 15.5. The number of ether oxygens (including phenoxy) is 1. The minimum Gasteiger partial charge on any atom is -0.487 e. The Bertz CT molecular complexity index is 828. The maximum atomic E-state index is 14.1. The van der Waals surface area contributed by atoms with E-state index >= 15 is 0 Å². The highest BCUT2D eigenvalue weighted by Gasteiger charge is 2.30. The van der Waals surface area contributed by atoms with E-state index in [4.69, 9.17) is 4.74 Å². The average Bonchev–Trinajstić information content (AvgIpc) is 3.09. The van der Waals surface area contributed by atoms with E-state index in [0.29, 0.717) is 30.0 Å². The average molecular weight is 369 g/mol. The zero-order chi connectivity index (χ0) is 18.8. The van der Waals surface area contributed by atoms with Crippen molar-refractivity contribution in [1.82, 2.24) is 15.2 Å². The van der Waals surface area contributed by atoms with Gasteiger partial charge in [0.25, 0.3) is 0 Å². The van der Waals surface area contributed by atoms with Gasteiger partial charge in [-0.15, -0.1) is 0 Å². The van der Waals surface area contributed by atoms with Crippen LogP contribution in [0.15, 0.2) is 36.5 Å². The molecule has 142 valence electrons. The quantitative estimate of drug-likeness (QED) is 0.900. The van der Waals surface area contributed by atoms with Crippen LogP contribution >= 0.6 is 0 Å². The number of fused-ring (bicyclic) bond motifs is 1. The number of amides is 1. The number of nitrogens with one attached hydrogen (secondary N) is 1. The fourth-order valence-electron chi connectivity index (χ4n) is 3.96. The molecule has 1 aromatic carbocycles. The van der Waals surface area contributed by atoms with E-state index in [1.54, 1.807) is 6.20 Å². The van der Waals surface area contributed by atoms with Crippen molar-refractivity contribution in [2.24, 2.45) is 0 Å². The number of carbonyl (C=O) groups is 1. The lowest BCUT2D eigenvalue weighted by atomic mass is 10.0. The number of likely N-dealkylation sites (N-methyl/N-ethyl adjacent to an activating group) is 1. The molecule has 1 amide bonds. The van der Waals surface area contributed by atoms with E-state index in [2.05, 4.69) is 15.2 Å². The van der Waals surface area contributed by atoms with Crippen LogP contribution in [0, 0.1) is 5.82 Å². The van der Waals surface area contributed by atoms with Gasteiger partial charge in [-0.3, -0.25) is 14.7 Å². The second kappa shape index (κ2) is 7.64. The van der Waals surface area contributed by atoms with Gasteiger partial charge in [-0.1, -0.05) is 12.5 Å². The first-order valence-corrected chi connectivity index (χ1v) is 9.50. The van der Waals surface area contributed by atoms with E-state index < -0.39 is 0 Å². The number of piperidine rings is 1.